The third kappa shape index (κ3) is 1.40. The van der Waals surface area contributed by atoms with E-state index in [2.05, 4.69) is 20.1 Å². The van der Waals surface area contributed by atoms with E-state index in [-0.39, 0.29) is 5.95 Å². The lowest BCUT2D eigenvalue weighted by molar-refractivity contribution is 0.957. The highest BCUT2D eigenvalue weighted by atomic mass is 35.5. The molecule has 2 heterocycles. The van der Waals surface area contributed by atoms with E-state index >= 15 is 0 Å². The maximum absolute atomic E-state index is 8.14. The van der Waals surface area contributed by atoms with E-state index in [9.17, 15) is 0 Å². The van der Waals surface area contributed by atoms with Crippen molar-refractivity contribution in [1.29, 1.82) is 0 Å². The summed E-state index contributed by atoms with van der Waals surface area (Å²) in [5.74, 6) is 0.0877. The number of fused-ring (bicyclic) bond motifs is 1. The molecular weight excluding hydrogens is 192 g/mol. The first-order valence-electron chi connectivity index (χ1n) is 3.36. The molecule has 0 amide bonds. The van der Waals surface area contributed by atoms with Gasteiger partial charge in [-0.1, -0.05) is 11.6 Å². The minimum atomic E-state index is 0.0877. The van der Waals surface area contributed by atoms with E-state index in [0.717, 1.165) is 0 Å². The Hall–Kier alpha value is -1.78. The van der Waals surface area contributed by atoms with Gasteiger partial charge in [0, 0.05) is 11.1 Å². The van der Waals surface area contributed by atoms with Crippen molar-refractivity contribution in [2.24, 2.45) is 5.11 Å². The van der Waals surface area contributed by atoms with Crippen LogP contribution in [0.3, 0.4) is 0 Å². The molecule has 0 atom stereocenters. The number of nitrogens with zero attached hydrogens (tertiary/aromatic N) is 6. The van der Waals surface area contributed by atoms with Gasteiger partial charge >= 0.3 is 0 Å². The first kappa shape index (κ1) is 7.85. The molecule has 0 aliphatic rings. The second-order valence-electron chi connectivity index (χ2n) is 2.25. The van der Waals surface area contributed by atoms with Crippen LogP contribution in [0.15, 0.2) is 23.4 Å². The Bertz CT molecular complexity index is 497. The Labute approximate surface area is 77.4 Å². The van der Waals surface area contributed by atoms with E-state index in [1.165, 1.54) is 4.52 Å². The maximum Gasteiger partial charge on any atom is 0.238 e. The smallest absolute Gasteiger partial charge is 0.219 e. The summed E-state index contributed by atoms with van der Waals surface area (Å²) >= 11 is 5.71. The third-order valence-electron chi connectivity index (χ3n) is 1.42. The molecule has 0 aromatic carbocycles. The SMILES string of the molecule is [N-]=[N+]=Nc1nc2ccc(Cl)cn2n1. The highest BCUT2D eigenvalue weighted by Gasteiger charge is 2.00. The molecular formula is C6H3ClN6. The molecule has 13 heavy (non-hydrogen) atoms. The average molecular weight is 195 g/mol. The van der Waals surface area contributed by atoms with Gasteiger partial charge in [-0.15, -0.1) is 5.10 Å². The Balaban J connectivity index is 2.68. The number of halogens is 1. The molecule has 7 heteroatoms. The summed E-state index contributed by atoms with van der Waals surface area (Å²) in [6, 6.07) is 3.37. The summed E-state index contributed by atoms with van der Waals surface area (Å²) in [5, 5.41) is 7.68. The van der Waals surface area contributed by atoms with Crippen LogP contribution in [-0.4, -0.2) is 14.6 Å². The van der Waals surface area contributed by atoms with Gasteiger partial charge in [-0.05, 0) is 22.8 Å². The van der Waals surface area contributed by atoms with Crippen LogP contribution in [0.4, 0.5) is 5.95 Å². The maximum atomic E-state index is 8.14. The van der Waals surface area contributed by atoms with Crippen LogP contribution in [-0.2, 0) is 0 Å². The second-order valence-corrected chi connectivity index (χ2v) is 2.69. The van der Waals surface area contributed by atoms with Gasteiger partial charge in [0.1, 0.15) is 0 Å². The number of rotatable bonds is 1. The Kier molecular flexibility index (Phi) is 1.77. The summed E-state index contributed by atoms with van der Waals surface area (Å²) < 4.78 is 1.45. The van der Waals surface area contributed by atoms with E-state index in [4.69, 9.17) is 17.1 Å². The highest BCUT2D eigenvalue weighted by molar-refractivity contribution is 6.30. The molecule has 0 aliphatic heterocycles. The molecule has 0 radical (unpaired) electrons. The average Bonchev–Trinajstić information content (AvgIpc) is 2.46. The summed E-state index contributed by atoms with van der Waals surface area (Å²) in [5.41, 5.74) is 8.73. The van der Waals surface area contributed by atoms with Crippen molar-refractivity contribution in [3.05, 3.63) is 33.8 Å². The van der Waals surface area contributed by atoms with Crippen LogP contribution in [0.2, 0.25) is 5.02 Å². The Morgan fingerprint density at radius 3 is 3.15 bits per heavy atom. The molecule has 64 valence electrons. The van der Waals surface area contributed by atoms with E-state index < -0.39 is 0 Å². The summed E-state index contributed by atoms with van der Waals surface area (Å²) in [6.07, 6.45) is 1.58. The van der Waals surface area contributed by atoms with Gasteiger partial charge in [-0.3, -0.25) is 0 Å². The normalized spacial score (nSPS) is 9.92. The van der Waals surface area contributed by atoms with Crippen molar-refractivity contribution < 1.29 is 0 Å². The van der Waals surface area contributed by atoms with Crippen LogP contribution >= 0.6 is 11.6 Å². The quantitative estimate of drug-likeness (QED) is 0.397. The molecule has 0 saturated heterocycles. The molecule has 2 rings (SSSR count). The summed E-state index contributed by atoms with van der Waals surface area (Å²) in [7, 11) is 0. The minimum absolute atomic E-state index is 0.0877. The van der Waals surface area contributed by atoms with E-state index in [1.54, 1.807) is 18.3 Å². The lowest BCUT2D eigenvalue weighted by atomic mass is 10.5. The number of aromatic nitrogens is 3. The van der Waals surface area contributed by atoms with E-state index in [1.807, 2.05) is 0 Å². The summed E-state index contributed by atoms with van der Waals surface area (Å²) in [6.45, 7) is 0. The van der Waals surface area contributed by atoms with Gasteiger partial charge in [-0.25, -0.2) is 9.50 Å². The van der Waals surface area contributed by atoms with Crippen LogP contribution in [0.5, 0.6) is 0 Å². The molecule has 6 nitrogen and oxygen atoms in total. The predicted octanol–water partition coefficient (Wildman–Crippen LogP) is 2.32. The molecule has 2 aromatic rings. The summed E-state index contributed by atoms with van der Waals surface area (Å²) in [4.78, 5) is 6.49. The molecule has 0 fully saturated rings. The Morgan fingerprint density at radius 1 is 1.54 bits per heavy atom. The second kappa shape index (κ2) is 2.93. The van der Waals surface area contributed by atoms with Gasteiger partial charge in [0.15, 0.2) is 5.65 Å². The standard InChI is InChI=1S/C6H3ClN6/c7-4-1-2-5-9-6(10-12-8)11-13(5)3-4/h1-3H. The van der Waals surface area contributed by atoms with Crippen molar-refractivity contribution >= 4 is 23.2 Å². The number of pyridine rings is 1. The lowest BCUT2D eigenvalue weighted by Gasteiger charge is -1.89. The molecule has 0 spiro atoms. The topological polar surface area (TPSA) is 79.0 Å². The molecule has 0 N–H and O–H groups in total. The highest BCUT2D eigenvalue weighted by Crippen LogP contribution is 2.12. The van der Waals surface area contributed by atoms with Gasteiger partial charge in [-0.2, -0.15) is 0 Å². The minimum Gasteiger partial charge on any atom is -0.219 e. The fourth-order valence-corrected chi connectivity index (χ4v) is 1.08. The van der Waals surface area contributed by atoms with Crippen molar-refractivity contribution in [3.8, 4) is 0 Å². The van der Waals surface area contributed by atoms with Crippen molar-refractivity contribution in [2.45, 2.75) is 0 Å². The first-order chi connectivity index (χ1) is 6.29. The zero-order valence-corrected chi connectivity index (χ0v) is 7.05. The van der Waals surface area contributed by atoms with Crippen molar-refractivity contribution in [2.75, 3.05) is 0 Å². The van der Waals surface area contributed by atoms with Gasteiger partial charge in [0.2, 0.25) is 5.95 Å². The van der Waals surface area contributed by atoms with Gasteiger partial charge in [0.25, 0.3) is 0 Å². The number of azide groups is 1. The van der Waals surface area contributed by atoms with Crippen LogP contribution in [0, 0.1) is 0 Å². The number of hydrogen-bond acceptors (Lipinski definition) is 3. The fraction of sp³-hybridized carbons (Fsp3) is 0. The molecule has 0 saturated carbocycles. The molecule has 2 aromatic heterocycles. The molecule has 0 unspecified atom stereocenters. The lowest BCUT2D eigenvalue weighted by Crippen LogP contribution is -1.84. The Morgan fingerprint density at radius 2 is 2.38 bits per heavy atom. The van der Waals surface area contributed by atoms with Crippen LogP contribution in [0.25, 0.3) is 16.1 Å². The first-order valence-corrected chi connectivity index (χ1v) is 3.74. The predicted molar refractivity (Wildman–Crippen MR) is 46.8 cm³/mol. The van der Waals surface area contributed by atoms with Crippen LogP contribution < -0.4 is 0 Å². The van der Waals surface area contributed by atoms with Crippen molar-refractivity contribution in [1.82, 2.24) is 14.6 Å². The third-order valence-corrected chi connectivity index (χ3v) is 1.64. The fourth-order valence-electron chi connectivity index (χ4n) is 0.929. The van der Waals surface area contributed by atoms with Crippen molar-refractivity contribution in [3.63, 3.8) is 0 Å². The molecule has 0 aliphatic carbocycles. The monoisotopic (exact) mass is 194 g/mol. The number of hydrogen-bond donors (Lipinski definition) is 0. The molecule has 0 bridgehead atoms. The van der Waals surface area contributed by atoms with Gasteiger partial charge < -0.3 is 0 Å². The van der Waals surface area contributed by atoms with E-state index in [0.29, 0.717) is 10.7 Å². The largest absolute Gasteiger partial charge is 0.238 e. The van der Waals surface area contributed by atoms with Crippen LogP contribution in [0.1, 0.15) is 0 Å². The van der Waals surface area contributed by atoms with Gasteiger partial charge in [0.05, 0.1) is 5.02 Å². The zero-order chi connectivity index (χ0) is 9.26. The zero-order valence-electron chi connectivity index (χ0n) is 6.29.